The van der Waals surface area contributed by atoms with Crippen molar-refractivity contribution in [3.05, 3.63) is 71.8 Å². The van der Waals surface area contributed by atoms with Gasteiger partial charge < -0.3 is 4.74 Å². The Labute approximate surface area is 90.4 Å². The van der Waals surface area contributed by atoms with E-state index < -0.39 is 0 Å². The first-order valence-electron chi connectivity index (χ1n) is 4.98. The minimum atomic E-state index is -0.00583. The zero-order valence-electron chi connectivity index (χ0n) is 8.81. The quantitative estimate of drug-likeness (QED) is 0.723. The van der Waals surface area contributed by atoms with Gasteiger partial charge in [-0.15, -0.1) is 0 Å². The summed E-state index contributed by atoms with van der Waals surface area (Å²) in [4.78, 5) is 0. The fourth-order valence-electron chi connectivity index (χ4n) is 1.80. The molecule has 1 aliphatic carbocycles. The van der Waals surface area contributed by atoms with Crippen LogP contribution in [0.3, 0.4) is 0 Å². The maximum absolute atomic E-state index is 5.52. The minimum Gasteiger partial charge on any atom is -0.372 e. The lowest BCUT2D eigenvalue weighted by Gasteiger charge is -2.18. The van der Waals surface area contributed by atoms with Crippen LogP contribution in [-0.2, 0) is 4.74 Å². The van der Waals surface area contributed by atoms with Crippen molar-refractivity contribution in [2.24, 2.45) is 0 Å². The van der Waals surface area contributed by atoms with Crippen LogP contribution in [0.25, 0.3) is 0 Å². The highest BCUT2D eigenvalue weighted by Gasteiger charge is 2.18. The summed E-state index contributed by atoms with van der Waals surface area (Å²) in [6.45, 7) is 3.99. The number of benzene rings is 1. The van der Waals surface area contributed by atoms with Crippen LogP contribution in [0.1, 0.15) is 11.7 Å². The largest absolute Gasteiger partial charge is 0.372 e. The Kier molecular flexibility index (Phi) is 2.84. The van der Waals surface area contributed by atoms with E-state index in [0.29, 0.717) is 0 Å². The topological polar surface area (TPSA) is 9.23 Å². The van der Waals surface area contributed by atoms with E-state index in [0.717, 1.165) is 16.7 Å². The predicted octanol–water partition coefficient (Wildman–Crippen LogP) is 3.43. The van der Waals surface area contributed by atoms with Crippen LogP contribution in [0.15, 0.2) is 66.3 Å². The fourth-order valence-corrected chi connectivity index (χ4v) is 1.80. The summed E-state index contributed by atoms with van der Waals surface area (Å²) in [6.07, 6.45) is 6.06. The van der Waals surface area contributed by atoms with Crippen LogP contribution >= 0.6 is 0 Å². The molecule has 1 aliphatic rings. The van der Waals surface area contributed by atoms with Crippen molar-refractivity contribution in [1.29, 1.82) is 0 Å². The summed E-state index contributed by atoms with van der Waals surface area (Å²) in [6, 6.07) is 10.2. The molecule has 1 aromatic rings. The molecule has 2 rings (SSSR count). The first-order valence-corrected chi connectivity index (χ1v) is 4.98. The van der Waals surface area contributed by atoms with Crippen molar-refractivity contribution in [1.82, 2.24) is 0 Å². The second-order valence-corrected chi connectivity index (χ2v) is 3.53. The van der Waals surface area contributed by atoms with Crippen molar-refractivity contribution < 1.29 is 4.74 Å². The number of hydrogen-bond acceptors (Lipinski definition) is 1. The molecule has 0 radical (unpaired) electrons. The summed E-state index contributed by atoms with van der Waals surface area (Å²) in [5, 5.41) is 0. The van der Waals surface area contributed by atoms with Gasteiger partial charge in [-0.1, -0.05) is 55.1 Å². The minimum absolute atomic E-state index is 0.00583. The summed E-state index contributed by atoms with van der Waals surface area (Å²) in [7, 11) is 1.73. The van der Waals surface area contributed by atoms with Gasteiger partial charge in [0.1, 0.15) is 6.10 Å². The zero-order chi connectivity index (χ0) is 10.7. The predicted molar refractivity (Wildman–Crippen MR) is 62.6 cm³/mol. The van der Waals surface area contributed by atoms with E-state index in [-0.39, 0.29) is 6.10 Å². The molecule has 0 aliphatic heterocycles. The summed E-state index contributed by atoms with van der Waals surface area (Å²) in [5.41, 5.74) is 3.34. The van der Waals surface area contributed by atoms with Gasteiger partial charge in [0.05, 0.1) is 0 Å². The highest BCUT2D eigenvalue weighted by molar-refractivity contribution is 5.50. The van der Waals surface area contributed by atoms with Crippen molar-refractivity contribution in [2.45, 2.75) is 6.10 Å². The van der Waals surface area contributed by atoms with Crippen LogP contribution in [0.5, 0.6) is 0 Å². The summed E-state index contributed by atoms with van der Waals surface area (Å²) < 4.78 is 5.52. The Morgan fingerprint density at radius 3 is 2.47 bits per heavy atom. The van der Waals surface area contributed by atoms with Crippen LogP contribution in [0.4, 0.5) is 0 Å². The Balaban J connectivity index is 2.30. The summed E-state index contributed by atoms with van der Waals surface area (Å²) >= 11 is 0. The third-order valence-electron chi connectivity index (χ3n) is 2.56. The number of rotatable bonds is 3. The number of ether oxygens (including phenoxy) is 1. The van der Waals surface area contributed by atoms with E-state index >= 15 is 0 Å². The SMILES string of the molecule is C=C1C=CC=C1C(OC)c1ccccc1. The Bertz CT molecular complexity index is 412. The van der Waals surface area contributed by atoms with Crippen LogP contribution < -0.4 is 0 Å². The highest BCUT2D eigenvalue weighted by Crippen LogP contribution is 2.32. The van der Waals surface area contributed by atoms with E-state index in [4.69, 9.17) is 4.74 Å². The van der Waals surface area contributed by atoms with Crippen molar-refractivity contribution in [2.75, 3.05) is 7.11 Å². The van der Waals surface area contributed by atoms with E-state index in [1.54, 1.807) is 7.11 Å². The molecule has 15 heavy (non-hydrogen) atoms. The first kappa shape index (κ1) is 9.94. The molecular formula is C14H14O. The van der Waals surface area contributed by atoms with Crippen LogP contribution in [0.2, 0.25) is 0 Å². The molecule has 0 heterocycles. The molecule has 0 bridgehead atoms. The van der Waals surface area contributed by atoms with E-state index in [9.17, 15) is 0 Å². The molecule has 0 amide bonds. The van der Waals surface area contributed by atoms with E-state index in [1.165, 1.54) is 0 Å². The maximum atomic E-state index is 5.52. The van der Waals surface area contributed by atoms with Crippen molar-refractivity contribution in [3.8, 4) is 0 Å². The second-order valence-electron chi connectivity index (χ2n) is 3.53. The van der Waals surface area contributed by atoms with Gasteiger partial charge >= 0.3 is 0 Å². The molecule has 0 fully saturated rings. The van der Waals surface area contributed by atoms with Crippen LogP contribution in [0, 0.1) is 0 Å². The molecule has 0 N–H and O–H groups in total. The van der Waals surface area contributed by atoms with Gasteiger partial charge in [0.2, 0.25) is 0 Å². The van der Waals surface area contributed by atoms with Gasteiger partial charge in [-0.05, 0) is 16.7 Å². The second kappa shape index (κ2) is 4.28. The molecule has 0 saturated carbocycles. The lowest BCUT2D eigenvalue weighted by Crippen LogP contribution is -2.04. The smallest absolute Gasteiger partial charge is 0.108 e. The Morgan fingerprint density at radius 2 is 1.93 bits per heavy atom. The number of methoxy groups -OCH3 is 1. The molecule has 0 aromatic heterocycles. The molecule has 1 atom stereocenters. The molecular weight excluding hydrogens is 184 g/mol. The lowest BCUT2D eigenvalue weighted by molar-refractivity contribution is 0.135. The monoisotopic (exact) mass is 198 g/mol. The van der Waals surface area contributed by atoms with E-state index in [1.807, 2.05) is 30.4 Å². The maximum Gasteiger partial charge on any atom is 0.108 e. The Morgan fingerprint density at radius 1 is 1.20 bits per heavy atom. The fraction of sp³-hybridized carbons (Fsp3) is 0.143. The molecule has 76 valence electrons. The number of hydrogen-bond donors (Lipinski definition) is 0. The average Bonchev–Trinajstić information content (AvgIpc) is 2.68. The van der Waals surface area contributed by atoms with E-state index in [2.05, 4.69) is 24.8 Å². The highest BCUT2D eigenvalue weighted by atomic mass is 16.5. The Hall–Kier alpha value is -1.60. The lowest BCUT2D eigenvalue weighted by atomic mass is 9.98. The summed E-state index contributed by atoms with van der Waals surface area (Å²) in [5.74, 6) is 0. The molecule has 0 spiro atoms. The molecule has 1 heteroatoms. The molecule has 1 nitrogen and oxygen atoms in total. The standard InChI is InChI=1S/C14H14O/c1-11-7-6-10-13(11)14(15-2)12-8-4-3-5-9-12/h3-10,14H,1H2,2H3. The number of allylic oxidation sites excluding steroid dienone is 3. The average molecular weight is 198 g/mol. The normalized spacial score (nSPS) is 16.6. The van der Waals surface area contributed by atoms with Gasteiger partial charge in [-0.2, -0.15) is 0 Å². The molecule has 1 unspecified atom stereocenters. The van der Waals surface area contributed by atoms with Gasteiger partial charge in [-0.25, -0.2) is 0 Å². The molecule has 0 saturated heterocycles. The van der Waals surface area contributed by atoms with Crippen molar-refractivity contribution in [3.63, 3.8) is 0 Å². The van der Waals surface area contributed by atoms with Crippen molar-refractivity contribution >= 4 is 0 Å². The van der Waals surface area contributed by atoms with Crippen LogP contribution in [-0.4, -0.2) is 7.11 Å². The third kappa shape index (κ3) is 1.92. The first-order chi connectivity index (χ1) is 7.33. The third-order valence-corrected chi connectivity index (χ3v) is 2.56. The van der Waals surface area contributed by atoms with Gasteiger partial charge in [0.15, 0.2) is 0 Å². The molecule has 1 aromatic carbocycles. The van der Waals surface area contributed by atoms with Gasteiger partial charge in [-0.3, -0.25) is 0 Å². The zero-order valence-corrected chi connectivity index (χ0v) is 8.81. The van der Waals surface area contributed by atoms with Gasteiger partial charge in [0.25, 0.3) is 0 Å². The van der Waals surface area contributed by atoms with Gasteiger partial charge in [0, 0.05) is 7.11 Å².